The molecule has 0 unspecified atom stereocenters. The third-order valence-corrected chi connectivity index (χ3v) is 8.29. The predicted molar refractivity (Wildman–Crippen MR) is 150 cm³/mol. The van der Waals surface area contributed by atoms with Crippen LogP contribution in [0.2, 0.25) is 0 Å². The molecule has 0 N–H and O–H groups in total. The maximum Gasteiger partial charge on any atom is 0.293 e. The molecule has 0 radical (unpaired) electrons. The van der Waals surface area contributed by atoms with Crippen LogP contribution < -0.4 is 0 Å². The minimum absolute atomic E-state index is 0.0892. The quantitative estimate of drug-likeness (QED) is 0.297. The summed E-state index contributed by atoms with van der Waals surface area (Å²) in [6.45, 7) is 4.89. The number of ketones is 1. The van der Waals surface area contributed by atoms with Crippen molar-refractivity contribution in [3.05, 3.63) is 76.3 Å². The number of benzene rings is 2. The summed E-state index contributed by atoms with van der Waals surface area (Å²) in [6, 6.07) is 14.9. The standard InChI is InChI=1S/C30H31N3O4S/c1-3-21-13-9-14-24-23(17-31(28(21)24)19-27(35)32-15-8-7-10-20(32)2)16-26-29(36)33(30(37)38-26)18-25(34)22-11-5-4-6-12-22/h4-6,9,11-14,16-17,20H,3,7-8,10,15,18-19H2,1-2H3/b26-16-/t20-/m1/s1. The van der Waals surface area contributed by atoms with Crippen LogP contribution in [-0.2, 0) is 22.6 Å². The SMILES string of the molecule is CCc1cccc2c(/C=C3\SC(=O)N(CC(=O)c4ccccc4)C3=O)cn(CC(=O)N3CCCC[C@H]3C)c12. The molecule has 3 amide bonds. The maximum atomic E-state index is 13.3. The molecule has 5 rings (SSSR count). The Morgan fingerprint density at radius 2 is 1.82 bits per heavy atom. The van der Waals surface area contributed by atoms with Gasteiger partial charge in [0, 0.05) is 35.3 Å². The van der Waals surface area contributed by atoms with Gasteiger partial charge in [-0.05, 0) is 56.0 Å². The van der Waals surface area contributed by atoms with Crippen molar-refractivity contribution in [1.82, 2.24) is 14.4 Å². The third kappa shape index (κ3) is 5.05. The number of nitrogens with zero attached hydrogens (tertiary/aromatic N) is 3. The van der Waals surface area contributed by atoms with E-state index in [4.69, 9.17) is 0 Å². The summed E-state index contributed by atoms with van der Waals surface area (Å²) < 4.78 is 1.98. The molecular weight excluding hydrogens is 498 g/mol. The topological polar surface area (TPSA) is 79.7 Å². The first-order valence-corrected chi connectivity index (χ1v) is 13.9. The number of Topliss-reactive ketones (excluding diaryl/α,β-unsaturated/α-hetero) is 1. The molecule has 7 nitrogen and oxygen atoms in total. The van der Waals surface area contributed by atoms with E-state index >= 15 is 0 Å². The van der Waals surface area contributed by atoms with Gasteiger partial charge < -0.3 is 9.47 Å². The zero-order valence-electron chi connectivity index (χ0n) is 21.7. The summed E-state index contributed by atoms with van der Waals surface area (Å²) in [4.78, 5) is 55.0. The van der Waals surface area contributed by atoms with Gasteiger partial charge in [0.1, 0.15) is 6.54 Å². The maximum absolute atomic E-state index is 13.3. The van der Waals surface area contributed by atoms with Crippen LogP contribution >= 0.6 is 11.8 Å². The van der Waals surface area contributed by atoms with Crippen LogP contribution in [-0.4, -0.2) is 56.3 Å². The number of thioether (sulfide) groups is 1. The molecule has 0 aliphatic carbocycles. The van der Waals surface area contributed by atoms with E-state index in [0.717, 1.165) is 70.9 Å². The highest BCUT2D eigenvalue weighted by atomic mass is 32.2. The van der Waals surface area contributed by atoms with Gasteiger partial charge in [0.15, 0.2) is 5.78 Å². The second-order valence-electron chi connectivity index (χ2n) is 9.87. The fraction of sp³-hybridized carbons (Fsp3) is 0.333. The number of para-hydroxylation sites is 1. The van der Waals surface area contributed by atoms with Crippen molar-refractivity contribution in [1.29, 1.82) is 0 Å². The van der Waals surface area contributed by atoms with E-state index in [1.165, 1.54) is 0 Å². The Kier molecular flexibility index (Phi) is 7.51. The summed E-state index contributed by atoms with van der Waals surface area (Å²) in [5, 5.41) is 0.466. The number of imide groups is 1. The molecule has 38 heavy (non-hydrogen) atoms. The highest BCUT2D eigenvalue weighted by molar-refractivity contribution is 8.18. The Hall–Kier alpha value is -3.65. The fourth-order valence-corrected chi connectivity index (χ4v) is 6.16. The van der Waals surface area contributed by atoms with E-state index in [9.17, 15) is 19.2 Å². The van der Waals surface area contributed by atoms with Gasteiger partial charge in [-0.3, -0.25) is 24.1 Å². The summed E-state index contributed by atoms with van der Waals surface area (Å²) in [5.74, 6) is -0.676. The van der Waals surface area contributed by atoms with Gasteiger partial charge in [0.05, 0.1) is 17.0 Å². The van der Waals surface area contributed by atoms with Crippen LogP contribution in [0.5, 0.6) is 0 Å². The minimum atomic E-state index is -0.477. The first kappa shape index (κ1) is 26.0. The number of rotatable bonds is 7. The summed E-state index contributed by atoms with van der Waals surface area (Å²) in [5.41, 5.74) is 3.31. The molecule has 1 aromatic heterocycles. The Bertz CT molecular complexity index is 1440. The van der Waals surface area contributed by atoms with Gasteiger partial charge >= 0.3 is 0 Å². The number of carbonyl (C=O) groups excluding carboxylic acids is 4. The predicted octanol–water partition coefficient (Wildman–Crippen LogP) is 5.52. The van der Waals surface area contributed by atoms with Crippen molar-refractivity contribution in [3.8, 4) is 0 Å². The lowest BCUT2D eigenvalue weighted by molar-refractivity contribution is -0.135. The van der Waals surface area contributed by atoms with Crippen molar-refractivity contribution < 1.29 is 19.2 Å². The number of amides is 3. The van der Waals surface area contributed by atoms with E-state index in [-0.39, 0.29) is 35.7 Å². The molecule has 0 bridgehead atoms. The summed E-state index contributed by atoms with van der Waals surface area (Å²) in [6.07, 6.45) is 7.60. The van der Waals surface area contributed by atoms with Crippen molar-refractivity contribution in [2.24, 2.45) is 0 Å². The molecule has 0 spiro atoms. The Labute approximate surface area is 226 Å². The zero-order valence-corrected chi connectivity index (χ0v) is 22.5. The normalized spacial score (nSPS) is 19.1. The summed E-state index contributed by atoms with van der Waals surface area (Å²) in [7, 11) is 0. The molecule has 3 aromatic rings. The van der Waals surface area contributed by atoms with E-state index < -0.39 is 11.1 Å². The number of likely N-dealkylation sites (tertiary alicyclic amines) is 1. The zero-order chi connectivity index (χ0) is 26.8. The number of carbonyl (C=O) groups is 4. The minimum Gasteiger partial charge on any atom is -0.338 e. The lowest BCUT2D eigenvalue weighted by Crippen LogP contribution is -2.43. The number of aryl methyl sites for hydroxylation is 1. The number of aromatic nitrogens is 1. The smallest absolute Gasteiger partial charge is 0.293 e. The second kappa shape index (κ2) is 11.0. The molecule has 2 aromatic carbocycles. The van der Waals surface area contributed by atoms with Crippen molar-refractivity contribution in [3.63, 3.8) is 0 Å². The molecule has 1 atom stereocenters. The van der Waals surface area contributed by atoms with Crippen LogP contribution in [0.15, 0.2) is 59.6 Å². The Morgan fingerprint density at radius 1 is 1.03 bits per heavy atom. The third-order valence-electron chi connectivity index (χ3n) is 7.38. The van der Waals surface area contributed by atoms with Gasteiger partial charge in [-0.15, -0.1) is 0 Å². The lowest BCUT2D eigenvalue weighted by Gasteiger charge is -2.33. The van der Waals surface area contributed by atoms with Crippen LogP contribution in [0.4, 0.5) is 4.79 Å². The van der Waals surface area contributed by atoms with Crippen molar-refractivity contribution in [2.75, 3.05) is 13.1 Å². The number of fused-ring (bicyclic) bond motifs is 1. The highest BCUT2D eigenvalue weighted by Gasteiger charge is 2.36. The molecule has 3 heterocycles. The molecule has 2 fully saturated rings. The van der Waals surface area contributed by atoms with Crippen LogP contribution in [0.25, 0.3) is 17.0 Å². The molecule has 2 saturated heterocycles. The molecule has 8 heteroatoms. The number of piperidine rings is 1. The average Bonchev–Trinajstić information content (AvgIpc) is 3.40. The monoisotopic (exact) mass is 529 g/mol. The molecule has 196 valence electrons. The van der Waals surface area contributed by atoms with Gasteiger partial charge in [-0.2, -0.15) is 0 Å². The van der Waals surface area contributed by atoms with E-state index in [1.54, 1.807) is 36.4 Å². The van der Waals surface area contributed by atoms with E-state index in [1.807, 2.05) is 27.8 Å². The van der Waals surface area contributed by atoms with Crippen molar-refractivity contribution >= 4 is 51.6 Å². The first-order valence-electron chi connectivity index (χ1n) is 13.1. The highest BCUT2D eigenvalue weighted by Crippen LogP contribution is 2.35. The van der Waals surface area contributed by atoms with Gasteiger partial charge in [0.2, 0.25) is 5.91 Å². The Morgan fingerprint density at radius 3 is 2.55 bits per heavy atom. The van der Waals surface area contributed by atoms with Crippen LogP contribution in [0.3, 0.4) is 0 Å². The largest absolute Gasteiger partial charge is 0.338 e. The Balaban J connectivity index is 1.44. The first-order chi connectivity index (χ1) is 18.4. The molecule has 2 aliphatic heterocycles. The van der Waals surface area contributed by atoms with Gasteiger partial charge in [-0.1, -0.05) is 55.5 Å². The van der Waals surface area contributed by atoms with Crippen LogP contribution in [0, 0.1) is 0 Å². The lowest BCUT2D eigenvalue weighted by atomic mass is 10.0. The van der Waals surface area contributed by atoms with E-state index in [0.29, 0.717) is 5.56 Å². The number of hydrogen-bond acceptors (Lipinski definition) is 5. The molecule has 2 aliphatic rings. The van der Waals surface area contributed by atoms with Gasteiger partial charge in [-0.25, -0.2) is 0 Å². The van der Waals surface area contributed by atoms with Gasteiger partial charge in [0.25, 0.3) is 11.1 Å². The van der Waals surface area contributed by atoms with Crippen LogP contribution in [0.1, 0.15) is 54.6 Å². The fourth-order valence-electron chi connectivity index (χ4n) is 5.33. The second-order valence-corrected chi connectivity index (χ2v) is 10.9. The molecular formula is C30H31N3O4S. The average molecular weight is 530 g/mol. The van der Waals surface area contributed by atoms with E-state index in [2.05, 4.69) is 19.9 Å². The summed E-state index contributed by atoms with van der Waals surface area (Å²) >= 11 is 0.840. The number of hydrogen-bond donors (Lipinski definition) is 0. The van der Waals surface area contributed by atoms with Crippen molar-refractivity contribution in [2.45, 2.75) is 52.1 Å². The molecule has 0 saturated carbocycles.